The summed E-state index contributed by atoms with van der Waals surface area (Å²) in [7, 11) is 0. The van der Waals surface area contributed by atoms with Gasteiger partial charge in [-0.3, -0.25) is 0 Å². The van der Waals surface area contributed by atoms with E-state index in [9.17, 15) is 0 Å². The van der Waals surface area contributed by atoms with Crippen LogP contribution < -0.4 is 5.32 Å². The predicted molar refractivity (Wildman–Crippen MR) is 51.7 cm³/mol. The number of para-hydroxylation sites is 1. The lowest BCUT2D eigenvalue weighted by atomic mass is 10.3. The molecule has 66 valence electrons. The summed E-state index contributed by atoms with van der Waals surface area (Å²) in [6, 6.07) is 9.99. The van der Waals surface area contributed by atoms with Gasteiger partial charge in [0.25, 0.3) is 4.80 Å². The molecule has 1 aromatic heterocycles. The molecule has 0 unspecified atom stereocenters. The highest BCUT2D eigenvalue weighted by molar-refractivity contribution is 9.10. The molecule has 0 aliphatic heterocycles. The third-order valence-corrected chi connectivity index (χ3v) is 1.75. The van der Waals surface area contributed by atoms with Crippen molar-refractivity contribution in [3.05, 3.63) is 35.1 Å². The molecule has 0 saturated heterocycles. The minimum absolute atomic E-state index is 0.367. The fourth-order valence-corrected chi connectivity index (χ4v) is 1.13. The second-order valence-electron chi connectivity index (χ2n) is 2.35. The van der Waals surface area contributed by atoms with Crippen molar-refractivity contribution in [2.24, 2.45) is 0 Å². The minimum Gasteiger partial charge on any atom is -0.397 e. The van der Waals surface area contributed by atoms with E-state index >= 15 is 0 Å². The van der Waals surface area contributed by atoms with Crippen molar-refractivity contribution in [3.8, 4) is 0 Å². The van der Waals surface area contributed by atoms with Crippen LogP contribution in [0.3, 0.4) is 0 Å². The number of aromatic nitrogens is 2. The Morgan fingerprint density at radius 3 is 2.54 bits per heavy atom. The summed E-state index contributed by atoms with van der Waals surface area (Å²) >= 11 is 3.07. The fraction of sp³-hybridized carbons (Fsp3) is 0. The molecular formula is C8H6BrN3O. The predicted octanol–water partition coefficient (Wildman–Crippen LogP) is 2.58. The van der Waals surface area contributed by atoms with Crippen LogP contribution in [0.4, 0.5) is 11.7 Å². The molecule has 13 heavy (non-hydrogen) atoms. The number of anilines is 2. The molecule has 0 fully saturated rings. The SMILES string of the molecule is Brc1nnc(Nc2ccccc2)o1. The topological polar surface area (TPSA) is 51.0 Å². The summed E-state index contributed by atoms with van der Waals surface area (Å²) in [5.74, 6) is 0. The highest BCUT2D eigenvalue weighted by Crippen LogP contribution is 2.16. The maximum atomic E-state index is 5.07. The average Bonchev–Trinajstić information content (AvgIpc) is 2.53. The first-order valence-electron chi connectivity index (χ1n) is 3.66. The molecule has 2 rings (SSSR count). The molecule has 0 aliphatic carbocycles. The molecule has 1 heterocycles. The van der Waals surface area contributed by atoms with Gasteiger partial charge >= 0.3 is 6.01 Å². The van der Waals surface area contributed by atoms with E-state index in [-0.39, 0.29) is 0 Å². The molecule has 0 atom stereocenters. The van der Waals surface area contributed by atoms with Crippen LogP contribution in [0, 0.1) is 0 Å². The minimum atomic E-state index is 0.367. The summed E-state index contributed by atoms with van der Waals surface area (Å²) in [5, 5.41) is 10.3. The highest BCUT2D eigenvalue weighted by Gasteiger charge is 2.01. The van der Waals surface area contributed by atoms with Gasteiger partial charge in [-0.2, -0.15) is 0 Å². The van der Waals surface area contributed by atoms with E-state index in [0.717, 1.165) is 5.69 Å². The Hall–Kier alpha value is -1.36. The molecule has 0 spiro atoms. The molecule has 2 aromatic rings. The zero-order valence-corrected chi connectivity index (χ0v) is 8.15. The second-order valence-corrected chi connectivity index (χ2v) is 3.03. The van der Waals surface area contributed by atoms with Gasteiger partial charge in [0.2, 0.25) is 0 Å². The summed E-state index contributed by atoms with van der Waals surface area (Å²) < 4.78 is 5.07. The number of rotatable bonds is 2. The van der Waals surface area contributed by atoms with Crippen LogP contribution in [0.25, 0.3) is 0 Å². The van der Waals surface area contributed by atoms with E-state index in [4.69, 9.17) is 4.42 Å². The zero-order chi connectivity index (χ0) is 9.10. The summed E-state index contributed by atoms with van der Waals surface area (Å²) in [6.45, 7) is 0. The van der Waals surface area contributed by atoms with Gasteiger partial charge in [-0.1, -0.05) is 28.4 Å². The van der Waals surface area contributed by atoms with Crippen LogP contribution in [0.15, 0.2) is 39.5 Å². The number of hydrogen-bond donors (Lipinski definition) is 1. The second kappa shape index (κ2) is 3.57. The van der Waals surface area contributed by atoms with Gasteiger partial charge in [0.1, 0.15) is 0 Å². The van der Waals surface area contributed by atoms with Crippen molar-refractivity contribution in [2.45, 2.75) is 0 Å². The molecule has 1 aromatic carbocycles. The van der Waals surface area contributed by atoms with Crippen molar-refractivity contribution >= 4 is 27.6 Å². The molecule has 0 saturated carbocycles. The summed E-state index contributed by atoms with van der Waals surface area (Å²) in [6.07, 6.45) is 0. The van der Waals surface area contributed by atoms with Gasteiger partial charge in [-0.25, -0.2) is 0 Å². The number of halogens is 1. The largest absolute Gasteiger partial charge is 0.397 e. The number of nitrogens with zero attached hydrogens (tertiary/aromatic N) is 2. The van der Waals surface area contributed by atoms with Crippen LogP contribution in [0.2, 0.25) is 0 Å². The van der Waals surface area contributed by atoms with Crippen LogP contribution in [-0.2, 0) is 0 Å². The molecule has 1 N–H and O–H groups in total. The van der Waals surface area contributed by atoms with Crippen molar-refractivity contribution in [3.63, 3.8) is 0 Å². The Balaban J connectivity index is 2.15. The first kappa shape index (κ1) is 8.25. The van der Waals surface area contributed by atoms with Gasteiger partial charge < -0.3 is 9.73 Å². The van der Waals surface area contributed by atoms with Crippen LogP contribution in [-0.4, -0.2) is 10.2 Å². The molecule has 4 nitrogen and oxygen atoms in total. The number of nitrogens with one attached hydrogen (secondary N) is 1. The Kier molecular flexibility index (Phi) is 2.27. The van der Waals surface area contributed by atoms with Crippen molar-refractivity contribution in [1.29, 1.82) is 0 Å². The third kappa shape index (κ3) is 2.06. The van der Waals surface area contributed by atoms with E-state index < -0.39 is 0 Å². The van der Waals surface area contributed by atoms with Crippen molar-refractivity contribution in [1.82, 2.24) is 10.2 Å². The number of benzene rings is 1. The fourth-order valence-electron chi connectivity index (χ4n) is 0.901. The summed E-state index contributed by atoms with van der Waals surface area (Å²) in [5.41, 5.74) is 0.915. The van der Waals surface area contributed by atoms with Crippen LogP contribution in [0.5, 0.6) is 0 Å². The molecule has 0 radical (unpaired) electrons. The standard InChI is InChI=1S/C8H6BrN3O/c9-7-11-12-8(13-7)10-6-4-2-1-3-5-6/h1-5H,(H,10,12). The van der Waals surface area contributed by atoms with E-state index in [0.29, 0.717) is 10.8 Å². The lowest BCUT2D eigenvalue weighted by Gasteiger charge is -1.98. The normalized spacial score (nSPS) is 9.92. The molecule has 5 heteroatoms. The van der Waals surface area contributed by atoms with Gasteiger partial charge in [0.15, 0.2) is 0 Å². The molecule has 0 aliphatic rings. The monoisotopic (exact) mass is 239 g/mol. The lowest BCUT2D eigenvalue weighted by Crippen LogP contribution is -1.88. The quantitative estimate of drug-likeness (QED) is 0.876. The number of hydrogen-bond acceptors (Lipinski definition) is 4. The Labute approximate surface area is 83.1 Å². The Morgan fingerprint density at radius 1 is 1.15 bits per heavy atom. The molecule has 0 amide bonds. The Bertz CT molecular complexity index is 387. The van der Waals surface area contributed by atoms with Gasteiger partial charge in [-0.15, -0.1) is 0 Å². The molecular weight excluding hydrogens is 234 g/mol. The maximum Gasteiger partial charge on any atom is 0.320 e. The first-order valence-corrected chi connectivity index (χ1v) is 4.45. The van der Waals surface area contributed by atoms with E-state index in [1.54, 1.807) is 0 Å². The van der Waals surface area contributed by atoms with E-state index in [1.165, 1.54) is 0 Å². The van der Waals surface area contributed by atoms with E-state index in [2.05, 4.69) is 31.4 Å². The first-order chi connectivity index (χ1) is 6.34. The maximum absolute atomic E-state index is 5.07. The van der Waals surface area contributed by atoms with Gasteiger partial charge in [0, 0.05) is 21.6 Å². The van der Waals surface area contributed by atoms with Gasteiger partial charge in [0.05, 0.1) is 0 Å². The zero-order valence-electron chi connectivity index (χ0n) is 6.57. The highest BCUT2D eigenvalue weighted by atomic mass is 79.9. The Morgan fingerprint density at radius 2 is 1.92 bits per heavy atom. The van der Waals surface area contributed by atoms with Crippen molar-refractivity contribution in [2.75, 3.05) is 5.32 Å². The van der Waals surface area contributed by atoms with E-state index in [1.807, 2.05) is 30.3 Å². The van der Waals surface area contributed by atoms with Crippen molar-refractivity contribution < 1.29 is 4.42 Å². The smallest absolute Gasteiger partial charge is 0.320 e. The summed E-state index contributed by atoms with van der Waals surface area (Å²) in [4.78, 5) is 0.367. The third-order valence-electron chi connectivity index (χ3n) is 1.43. The average molecular weight is 240 g/mol. The molecule has 0 bridgehead atoms. The van der Waals surface area contributed by atoms with Crippen LogP contribution >= 0.6 is 15.9 Å². The van der Waals surface area contributed by atoms with Crippen LogP contribution in [0.1, 0.15) is 0 Å². The lowest BCUT2D eigenvalue weighted by molar-refractivity contribution is 0.543. The van der Waals surface area contributed by atoms with Gasteiger partial charge in [-0.05, 0) is 12.1 Å².